The predicted molar refractivity (Wildman–Crippen MR) is 245 cm³/mol. The SMILES string of the molecule is CC[N+](CC)(CC)CCCC[n+]1ccc(/C=C/c2ccc3c(c2)c2cc(/C=C/c4cc[n+](CCCC[N+](CC)(CC)CC)cc4)ccc2n3CCOCCOC)cc1. The van der Waals surface area contributed by atoms with Crippen LogP contribution in [0.2, 0.25) is 0 Å². The normalized spacial score (nSPS) is 12.6. The van der Waals surface area contributed by atoms with Crippen LogP contribution in [0.15, 0.2) is 85.5 Å². The molecule has 5 aromatic rings. The zero-order valence-corrected chi connectivity index (χ0v) is 37.2. The van der Waals surface area contributed by atoms with E-state index in [0.29, 0.717) is 19.8 Å². The van der Waals surface area contributed by atoms with Crippen LogP contribution in [0, 0.1) is 0 Å². The molecular weight excluding hydrogens is 715 g/mol. The number of quaternary nitrogens is 2. The lowest BCUT2D eigenvalue weighted by molar-refractivity contribution is -0.923. The number of hydrogen-bond acceptors (Lipinski definition) is 2. The molecule has 0 aliphatic rings. The van der Waals surface area contributed by atoms with Crippen LogP contribution >= 0.6 is 0 Å². The highest BCUT2D eigenvalue weighted by Gasteiger charge is 2.21. The molecule has 7 heteroatoms. The van der Waals surface area contributed by atoms with Gasteiger partial charge in [0.25, 0.3) is 0 Å². The fraction of sp³-hybridized carbons (Fsp3) is 0.490. The summed E-state index contributed by atoms with van der Waals surface area (Å²) in [5.74, 6) is 0. The molecule has 0 unspecified atom stereocenters. The summed E-state index contributed by atoms with van der Waals surface area (Å²) in [5.41, 5.74) is 7.28. The summed E-state index contributed by atoms with van der Waals surface area (Å²) in [6.07, 6.45) is 22.8. The monoisotopic (exact) mass is 790 g/mol. The van der Waals surface area contributed by atoms with E-state index in [1.807, 2.05) is 0 Å². The molecule has 0 aliphatic heterocycles. The van der Waals surface area contributed by atoms with Gasteiger partial charge in [0.2, 0.25) is 0 Å². The highest BCUT2D eigenvalue weighted by atomic mass is 16.5. The average molecular weight is 790 g/mol. The van der Waals surface area contributed by atoms with E-state index in [2.05, 4.69) is 165 Å². The van der Waals surface area contributed by atoms with Crippen molar-refractivity contribution in [3.8, 4) is 0 Å². The molecule has 0 fully saturated rings. The van der Waals surface area contributed by atoms with Crippen LogP contribution in [0.1, 0.15) is 89.5 Å². The van der Waals surface area contributed by atoms with Crippen molar-refractivity contribution in [2.75, 3.05) is 79.3 Å². The summed E-state index contributed by atoms with van der Waals surface area (Å²) >= 11 is 0. The van der Waals surface area contributed by atoms with E-state index in [4.69, 9.17) is 9.47 Å². The third-order valence-electron chi connectivity index (χ3n) is 13.2. The van der Waals surface area contributed by atoms with Crippen molar-refractivity contribution in [3.63, 3.8) is 0 Å². The number of ether oxygens (including phenoxy) is 2. The Labute approximate surface area is 351 Å². The van der Waals surface area contributed by atoms with Gasteiger partial charge in [0.15, 0.2) is 24.8 Å². The fourth-order valence-corrected chi connectivity index (χ4v) is 8.60. The van der Waals surface area contributed by atoms with Crippen LogP contribution in [-0.4, -0.2) is 92.8 Å². The first-order chi connectivity index (χ1) is 28.3. The maximum atomic E-state index is 5.92. The number of unbranched alkanes of at least 4 members (excludes halogenated alkanes) is 2. The van der Waals surface area contributed by atoms with Crippen molar-refractivity contribution in [1.29, 1.82) is 0 Å². The topological polar surface area (TPSA) is 31.2 Å². The van der Waals surface area contributed by atoms with Gasteiger partial charge in [-0.25, -0.2) is 9.13 Å². The molecular formula is C51H75N5O2+4. The molecule has 58 heavy (non-hydrogen) atoms. The molecule has 0 saturated carbocycles. The lowest BCUT2D eigenvalue weighted by Gasteiger charge is -2.35. The van der Waals surface area contributed by atoms with Gasteiger partial charge in [-0.05, 0) is 88.1 Å². The van der Waals surface area contributed by atoms with Gasteiger partial charge in [-0.1, -0.05) is 36.4 Å². The Morgan fingerprint density at radius 2 is 0.914 bits per heavy atom. The molecule has 7 nitrogen and oxygen atoms in total. The molecule has 0 amide bonds. The van der Waals surface area contributed by atoms with E-state index >= 15 is 0 Å². The van der Waals surface area contributed by atoms with Crippen LogP contribution in [0.5, 0.6) is 0 Å². The number of fused-ring (bicyclic) bond motifs is 3. The van der Waals surface area contributed by atoms with Gasteiger partial charge in [0.05, 0.1) is 72.2 Å². The minimum Gasteiger partial charge on any atom is -0.382 e. The summed E-state index contributed by atoms with van der Waals surface area (Å²) in [6.45, 7) is 28.7. The molecule has 0 atom stereocenters. The quantitative estimate of drug-likeness (QED) is 0.0318. The fourth-order valence-electron chi connectivity index (χ4n) is 8.60. The predicted octanol–water partition coefficient (Wildman–Crippen LogP) is 9.69. The molecule has 0 spiro atoms. The number of benzene rings is 2. The van der Waals surface area contributed by atoms with Crippen LogP contribution < -0.4 is 9.13 Å². The van der Waals surface area contributed by atoms with E-state index in [0.717, 1.165) is 19.6 Å². The molecule has 3 aromatic heterocycles. The number of methoxy groups -OCH3 is 1. The first kappa shape index (κ1) is 45.0. The third kappa shape index (κ3) is 12.2. The molecule has 0 saturated heterocycles. The lowest BCUT2D eigenvalue weighted by Crippen LogP contribution is -2.48. The van der Waals surface area contributed by atoms with E-state index in [1.165, 1.54) is 131 Å². The second kappa shape index (κ2) is 22.9. The number of aromatic nitrogens is 3. The van der Waals surface area contributed by atoms with Crippen LogP contribution in [0.4, 0.5) is 0 Å². The Hall–Kier alpha value is -4.14. The summed E-state index contributed by atoms with van der Waals surface area (Å²) in [7, 11) is 1.72. The molecule has 3 heterocycles. The van der Waals surface area contributed by atoms with Crippen molar-refractivity contribution in [1.82, 2.24) is 4.57 Å². The first-order valence-corrected chi connectivity index (χ1v) is 22.5. The van der Waals surface area contributed by atoms with Crippen molar-refractivity contribution in [2.45, 2.75) is 86.9 Å². The van der Waals surface area contributed by atoms with Crippen LogP contribution in [0.25, 0.3) is 46.1 Å². The summed E-state index contributed by atoms with van der Waals surface area (Å²) in [5, 5.41) is 2.53. The molecule has 2 aromatic carbocycles. The van der Waals surface area contributed by atoms with E-state index < -0.39 is 0 Å². The number of nitrogens with zero attached hydrogens (tertiary/aromatic N) is 5. The lowest BCUT2D eigenvalue weighted by atomic mass is 10.1. The summed E-state index contributed by atoms with van der Waals surface area (Å²) in [6, 6.07) is 22.6. The van der Waals surface area contributed by atoms with Crippen molar-refractivity contribution >= 4 is 46.1 Å². The van der Waals surface area contributed by atoms with Crippen molar-refractivity contribution in [2.24, 2.45) is 0 Å². The summed E-state index contributed by atoms with van der Waals surface area (Å²) < 4.78 is 20.6. The highest BCUT2D eigenvalue weighted by molar-refractivity contribution is 6.09. The Balaban J connectivity index is 1.27. The molecule has 0 N–H and O–H groups in total. The van der Waals surface area contributed by atoms with Gasteiger partial charge in [-0.3, -0.25) is 0 Å². The minimum atomic E-state index is 0.601. The Kier molecular flexibility index (Phi) is 17.7. The molecule has 312 valence electrons. The van der Waals surface area contributed by atoms with Gasteiger partial charge in [0.1, 0.15) is 13.1 Å². The van der Waals surface area contributed by atoms with Crippen LogP contribution in [-0.2, 0) is 29.1 Å². The summed E-state index contributed by atoms with van der Waals surface area (Å²) in [4.78, 5) is 0. The maximum absolute atomic E-state index is 5.92. The number of aryl methyl sites for hydroxylation is 2. The Morgan fingerprint density at radius 3 is 1.31 bits per heavy atom. The molecule has 0 radical (unpaired) electrons. The molecule has 0 aliphatic carbocycles. The number of hydrogen-bond donors (Lipinski definition) is 0. The smallest absolute Gasteiger partial charge is 0.169 e. The third-order valence-corrected chi connectivity index (χ3v) is 13.2. The zero-order chi connectivity index (χ0) is 41.2. The van der Waals surface area contributed by atoms with Gasteiger partial charge >= 0.3 is 0 Å². The van der Waals surface area contributed by atoms with Crippen molar-refractivity contribution in [3.05, 3.63) is 108 Å². The van der Waals surface area contributed by atoms with Gasteiger partial charge in [0, 0.05) is 85.4 Å². The van der Waals surface area contributed by atoms with Gasteiger partial charge < -0.3 is 23.0 Å². The van der Waals surface area contributed by atoms with E-state index in [-0.39, 0.29) is 0 Å². The second-order valence-corrected chi connectivity index (χ2v) is 16.2. The first-order valence-electron chi connectivity index (χ1n) is 22.5. The average Bonchev–Trinajstić information content (AvgIpc) is 3.58. The maximum Gasteiger partial charge on any atom is 0.169 e. The van der Waals surface area contributed by atoms with Crippen LogP contribution in [0.3, 0.4) is 0 Å². The zero-order valence-electron chi connectivity index (χ0n) is 37.2. The molecule has 5 rings (SSSR count). The number of pyridine rings is 2. The standard InChI is InChI=1S/C51H75N5O2/c1-8-55(9-2,10-3)37-16-14-30-52-32-26-44(27-33-52)18-20-46-22-24-50-48(42-46)49-43-47(23-25-51(49)54(50)36-39-58-41-40-57-7)21-19-45-28-34-53(35-29-45)31-15-17-38-56(11-4,12-5)13-6/h18-29,32-35,42-43H,8-17,30-31,36-41H2,1-7H3/q+4. The van der Waals surface area contributed by atoms with E-state index in [9.17, 15) is 0 Å². The molecule has 0 bridgehead atoms. The van der Waals surface area contributed by atoms with E-state index in [1.54, 1.807) is 7.11 Å². The number of rotatable bonds is 26. The Bertz CT molecular complexity index is 1870. The highest BCUT2D eigenvalue weighted by Crippen LogP contribution is 2.32. The largest absolute Gasteiger partial charge is 0.382 e. The van der Waals surface area contributed by atoms with Gasteiger partial charge in [-0.15, -0.1) is 0 Å². The second-order valence-electron chi connectivity index (χ2n) is 16.2. The Morgan fingerprint density at radius 1 is 0.500 bits per heavy atom. The van der Waals surface area contributed by atoms with Gasteiger partial charge in [-0.2, -0.15) is 0 Å². The van der Waals surface area contributed by atoms with Crippen molar-refractivity contribution < 1.29 is 27.6 Å². The minimum absolute atomic E-state index is 0.601.